The van der Waals surface area contributed by atoms with Gasteiger partial charge in [0.25, 0.3) is 0 Å². The molecule has 0 amide bonds. The lowest BCUT2D eigenvalue weighted by Crippen LogP contribution is -2.23. The van der Waals surface area contributed by atoms with Crippen molar-refractivity contribution in [2.45, 2.75) is 53.4 Å². The summed E-state index contributed by atoms with van der Waals surface area (Å²) in [6.45, 7) is 7.39. The maximum atomic E-state index is 13.8. The quantitative estimate of drug-likeness (QED) is 0.138. The molecule has 1 aliphatic carbocycles. The molecule has 0 unspecified atom stereocenters. The van der Waals surface area contributed by atoms with Crippen LogP contribution in [0.5, 0.6) is 17.2 Å². The maximum Gasteiger partial charge on any atom is 0.429 e. The number of phosphoric ester groups is 2. The molecule has 0 aliphatic heterocycles. The van der Waals surface area contributed by atoms with E-state index in [0.717, 1.165) is 22.3 Å². The molecule has 5 rings (SSSR count). The van der Waals surface area contributed by atoms with Gasteiger partial charge in [-0.2, -0.15) is 18.1 Å². The smallest absolute Gasteiger partial charge is 0.429 e. The molecule has 47 heavy (non-hydrogen) atoms. The van der Waals surface area contributed by atoms with Crippen LogP contribution in [-0.2, 0) is 43.8 Å². The molecule has 0 aromatic heterocycles. The SMILES string of the molecule is CCO[P+]([O-])(OCC)Oc1c2cccc1Cc1cccc(c1O[P+]([O-])(OCC)OCC)Cc1cccc(c1O)Cc1cccc(c1)C2. The lowest BCUT2D eigenvalue weighted by molar-refractivity contribution is -0.240. The Morgan fingerprint density at radius 1 is 0.511 bits per heavy atom. The van der Waals surface area contributed by atoms with Gasteiger partial charge in [0.05, 0.1) is 26.4 Å². The molecule has 0 fully saturated rings. The molecule has 9 nitrogen and oxygen atoms in total. The van der Waals surface area contributed by atoms with Gasteiger partial charge in [0, 0.05) is 47.9 Å². The van der Waals surface area contributed by atoms with Crippen molar-refractivity contribution < 1.29 is 42.0 Å². The van der Waals surface area contributed by atoms with Crippen LogP contribution >= 0.6 is 16.3 Å². The molecule has 11 heteroatoms. The summed E-state index contributed by atoms with van der Waals surface area (Å²) < 4.78 is 34.6. The highest BCUT2D eigenvalue weighted by Gasteiger charge is 2.38. The highest BCUT2D eigenvalue weighted by molar-refractivity contribution is 7.54. The maximum absolute atomic E-state index is 13.8. The molecule has 4 aromatic carbocycles. The Labute approximate surface area is 278 Å². The van der Waals surface area contributed by atoms with E-state index in [2.05, 4.69) is 6.07 Å². The number of phenols is 1. The lowest BCUT2D eigenvalue weighted by atomic mass is 9.92. The van der Waals surface area contributed by atoms with E-state index in [1.807, 2.05) is 72.8 Å². The Bertz CT molecular complexity index is 1650. The molecule has 0 spiro atoms. The van der Waals surface area contributed by atoms with Crippen LogP contribution in [0.3, 0.4) is 0 Å². The first kappa shape index (κ1) is 35.2. The third kappa shape index (κ3) is 8.69. The van der Waals surface area contributed by atoms with Crippen molar-refractivity contribution in [3.05, 3.63) is 123 Å². The van der Waals surface area contributed by atoms with Crippen molar-refractivity contribution in [3.63, 3.8) is 0 Å². The third-order valence-corrected chi connectivity index (χ3v) is 10.8. The fourth-order valence-corrected chi connectivity index (χ4v) is 8.27. The summed E-state index contributed by atoms with van der Waals surface area (Å²) in [4.78, 5) is 27.6. The monoisotopic (exact) mass is 680 g/mol. The van der Waals surface area contributed by atoms with E-state index in [9.17, 15) is 14.9 Å². The summed E-state index contributed by atoms with van der Waals surface area (Å²) in [5.74, 6) is 0.893. The van der Waals surface area contributed by atoms with Crippen LogP contribution in [0, 0.1) is 0 Å². The van der Waals surface area contributed by atoms with Crippen LogP contribution in [0.15, 0.2) is 78.9 Å². The van der Waals surface area contributed by atoms with E-state index >= 15 is 0 Å². The van der Waals surface area contributed by atoms with Crippen LogP contribution in [0.25, 0.3) is 0 Å². The normalized spacial score (nSPS) is 13.3. The van der Waals surface area contributed by atoms with E-state index in [-0.39, 0.29) is 45.0 Å². The number of hydrogen-bond acceptors (Lipinski definition) is 9. The Morgan fingerprint density at radius 3 is 1.26 bits per heavy atom. The average molecular weight is 681 g/mol. The minimum atomic E-state index is -4.02. The molecule has 0 atom stereocenters. The molecule has 0 radical (unpaired) electrons. The first-order valence-corrected chi connectivity index (χ1v) is 18.9. The number of rotatable bonds is 12. The van der Waals surface area contributed by atoms with Gasteiger partial charge in [-0.1, -0.05) is 78.9 Å². The first-order chi connectivity index (χ1) is 22.7. The fraction of sp³-hybridized carbons (Fsp3) is 0.333. The zero-order valence-electron chi connectivity index (χ0n) is 27.3. The van der Waals surface area contributed by atoms with Crippen molar-refractivity contribution in [1.82, 2.24) is 0 Å². The second kappa shape index (κ2) is 15.9. The molecule has 250 valence electrons. The van der Waals surface area contributed by atoms with Gasteiger partial charge >= 0.3 is 16.3 Å². The number of para-hydroxylation sites is 3. The minimum Gasteiger partial charge on any atom is -0.598 e. The molecular formula is C36H42O9P2. The predicted octanol–water partition coefficient (Wildman–Crippen LogP) is 7.05. The van der Waals surface area contributed by atoms with Gasteiger partial charge in [0.15, 0.2) is 11.5 Å². The number of phenolic OH excluding ortho intramolecular Hbond substituents is 1. The van der Waals surface area contributed by atoms with Crippen molar-refractivity contribution >= 4 is 16.3 Å². The number of fused-ring (bicyclic) bond motifs is 8. The minimum absolute atomic E-state index is 0.113. The summed E-state index contributed by atoms with van der Waals surface area (Å²) in [5, 5.41) is 11.4. The first-order valence-electron chi connectivity index (χ1n) is 16.0. The molecule has 1 aliphatic rings. The fourth-order valence-electron chi connectivity index (χ4n) is 5.73. The molecule has 0 saturated carbocycles. The Kier molecular flexibility index (Phi) is 11.9. The second-order valence-electron chi connectivity index (χ2n) is 11.0. The molecule has 4 aromatic rings. The van der Waals surface area contributed by atoms with E-state index in [0.29, 0.717) is 46.6 Å². The van der Waals surface area contributed by atoms with Gasteiger partial charge in [-0.3, -0.25) is 9.05 Å². The largest absolute Gasteiger partial charge is 0.598 e. The van der Waals surface area contributed by atoms with E-state index in [1.165, 1.54) is 0 Å². The van der Waals surface area contributed by atoms with Crippen molar-refractivity contribution in [3.8, 4) is 17.2 Å². The molecular weight excluding hydrogens is 638 g/mol. The number of hydrogen-bond donors (Lipinski definition) is 1. The van der Waals surface area contributed by atoms with Crippen LogP contribution in [0.4, 0.5) is 0 Å². The number of benzene rings is 4. The molecule has 0 heterocycles. The van der Waals surface area contributed by atoms with Crippen LogP contribution < -0.4 is 18.8 Å². The Morgan fingerprint density at radius 2 is 0.830 bits per heavy atom. The van der Waals surface area contributed by atoms with Gasteiger partial charge in [0.1, 0.15) is 5.75 Å². The van der Waals surface area contributed by atoms with E-state index in [1.54, 1.807) is 27.7 Å². The van der Waals surface area contributed by atoms with Crippen LogP contribution in [0.1, 0.15) is 72.2 Å². The summed E-state index contributed by atoms with van der Waals surface area (Å²) in [7, 11) is -8.00. The topological polar surface area (TPSA) is 122 Å². The number of phosphoric acid groups is 2. The standard InChI is InChI=1S/C36H42O9P2/c1-5-40-46(38,41-6-2)44-35-30-17-11-19-32(35)25-33-20-12-18-31(36(33)45-47(39,42-7-3)43-8-4)24-29-16-10-15-28(34(29)37)22-26-13-9-14-27(21-26)23-30/h9-21,37H,5-8,22-25H2,1-4H3. The van der Waals surface area contributed by atoms with Crippen molar-refractivity contribution in [1.29, 1.82) is 0 Å². The van der Waals surface area contributed by atoms with Gasteiger partial charge in [-0.25, -0.2) is 0 Å². The molecule has 0 saturated heterocycles. The highest BCUT2D eigenvalue weighted by Crippen LogP contribution is 2.56. The zero-order chi connectivity index (χ0) is 33.4. The highest BCUT2D eigenvalue weighted by atomic mass is 31.2. The lowest BCUT2D eigenvalue weighted by Gasteiger charge is -2.27. The summed E-state index contributed by atoms with van der Waals surface area (Å²) in [5.41, 5.74) is 6.32. The Hall–Kier alpha value is -3.10. The van der Waals surface area contributed by atoms with Gasteiger partial charge in [-0.05, 0) is 49.9 Å². The zero-order valence-corrected chi connectivity index (χ0v) is 29.1. The summed E-state index contributed by atoms with van der Waals surface area (Å²) in [6, 6.07) is 25.2. The average Bonchev–Trinajstić information content (AvgIpc) is 3.02. The summed E-state index contributed by atoms with van der Waals surface area (Å²) >= 11 is 0. The van der Waals surface area contributed by atoms with E-state index in [4.69, 9.17) is 27.1 Å². The second-order valence-corrected chi connectivity index (χ2v) is 14.2. The van der Waals surface area contributed by atoms with Crippen LogP contribution in [0.2, 0.25) is 0 Å². The van der Waals surface area contributed by atoms with Crippen molar-refractivity contribution in [2.24, 2.45) is 0 Å². The van der Waals surface area contributed by atoms with Gasteiger partial charge < -0.3 is 14.9 Å². The van der Waals surface area contributed by atoms with Gasteiger partial charge in [0.2, 0.25) is 0 Å². The van der Waals surface area contributed by atoms with E-state index < -0.39 is 16.3 Å². The predicted molar refractivity (Wildman–Crippen MR) is 180 cm³/mol. The number of aromatic hydroxyl groups is 1. The molecule has 8 bridgehead atoms. The summed E-state index contributed by atoms with van der Waals surface area (Å²) in [6.07, 6.45) is 1.51. The van der Waals surface area contributed by atoms with Crippen LogP contribution in [-0.4, -0.2) is 31.5 Å². The third-order valence-electron chi connectivity index (χ3n) is 7.66. The molecule has 1 N–H and O–H groups in total. The van der Waals surface area contributed by atoms with Crippen molar-refractivity contribution in [2.75, 3.05) is 26.4 Å². The van der Waals surface area contributed by atoms with Gasteiger partial charge in [-0.15, -0.1) is 0 Å². The Balaban J connectivity index is 1.73.